The Balaban J connectivity index is 2.58. The first-order valence-electron chi connectivity index (χ1n) is 5.52. The Hall–Kier alpha value is -0.900. The number of aromatic nitrogens is 1. The van der Waals surface area contributed by atoms with Crippen LogP contribution in [0.1, 0.15) is 23.6 Å². The van der Waals surface area contributed by atoms with E-state index in [1.165, 1.54) is 0 Å². The van der Waals surface area contributed by atoms with Gasteiger partial charge >= 0.3 is 0 Å². The minimum Gasteiger partial charge on any atom is -0.381 e. The van der Waals surface area contributed by atoms with Crippen molar-refractivity contribution < 1.29 is 5.11 Å². The first-order chi connectivity index (χ1) is 8.43. The SMILES string of the molecule is Cc1ccncc1C(C)(O)c1ccc(Br)cc1Cl. The summed E-state index contributed by atoms with van der Waals surface area (Å²) < 4.78 is 0.884. The molecule has 0 saturated carbocycles. The number of aryl methyl sites for hydroxylation is 1. The van der Waals surface area contributed by atoms with E-state index in [9.17, 15) is 5.11 Å². The van der Waals surface area contributed by atoms with E-state index in [0.29, 0.717) is 10.6 Å². The number of hydrogen-bond donors (Lipinski definition) is 1. The molecule has 2 aromatic rings. The summed E-state index contributed by atoms with van der Waals surface area (Å²) >= 11 is 9.56. The topological polar surface area (TPSA) is 33.1 Å². The van der Waals surface area contributed by atoms with Gasteiger partial charge in [0.15, 0.2) is 0 Å². The van der Waals surface area contributed by atoms with Crippen molar-refractivity contribution in [1.82, 2.24) is 4.98 Å². The lowest BCUT2D eigenvalue weighted by molar-refractivity contribution is 0.101. The fourth-order valence-electron chi connectivity index (χ4n) is 2.00. The lowest BCUT2D eigenvalue weighted by Crippen LogP contribution is -2.24. The van der Waals surface area contributed by atoms with Gasteiger partial charge < -0.3 is 5.11 Å². The van der Waals surface area contributed by atoms with Gasteiger partial charge in [-0.05, 0) is 37.6 Å². The van der Waals surface area contributed by atoms with Gasteiger partial charge in [0.25, 0.3) is 0 Å². The maximum atomic E-state index is 10.8. The van der Waals surface area contributed by atoms with Crippen LogP contribution in [0.25, 0.3) is 0 Å². The van der Waals surface area contributed by atoms with Crippen molar-refractivity contribution in [2.24, 2.45) is 0 Å². The fraction of sp³-hybridized carbons (Fsp3) is 0.214. The molecule has 0 aliphatic rings. The first-order valence-corrected chi connectivity index (χ1v) is 6.69. The zero-order valence-electron chi connectivity index (χ0n) is 10.1. The van der Waals surface area contributed by atoms with E-state index in [4.69, 9.17) is 11.6 Å². The molecule has 0 aliphatic carbocycles. The summed E-state index contributed by atoms with van der Waals surface area (Å²) in [6.45, 7) is 3.67. The van der Waals surface area contributed by atoms with E-state index in [0.717, 1.165) is 15.6 Å². The van der Waals surface area contributed by atoms with Crippen molar-refractivity contribution in [2.75, 3.05) is 0 Å². The maximum absolute atomic E-state index is 10.8. The van der Waals surface area contributed by atoms with Gasteiger partial charge in [0.2, 0.25) is 0 Å². The molecule has 0 amide bonds. The van der Waals surface area contributed by atoms with Gasteiger partial charge in [-0.25, -0.2) is 0 Å². The van der Waals surface area contributed by atoms with Gasteiger partial charge in [0.05, 0.1) is 0 Å². The van der Waals surface area contributed by atoms with Crippen LogP contribution in [0.4, 0.5) is 0 Å². The van der Waals surface area contributed by atoms with Crippen LogP contribution in [-0.2, 0) is 5.60 Å². The van der Waals surface area contributed by atoms with Crippen LogP contribution in [0, 0.1) is 6.92 Å². The molecule has 0 spiro atoms. The normalized spacial score (nSPS) is 14.3. The number of halogens is 2. The minimum atomic E-state index is -1.16. The summed E-state index contributed by atoms with van der Waals surface area (Å²) in [4.78, 5) is 4.07. The Morgan fingerprint density at radius 3 is 2.61 bits per heavy atom. The van der Waals surface area contributed by atoms with Crippen LogP contribution in [0.5, 0.6) is 0 Å². The summed E-state index contributed by atoms with van der Waals surface area (Å²) in [6.07, 6.45) is 3.38. The molecule has 0 aliphatic heterocycles. The Kier molecular flexibility index (Phi) is 3.76. The number of hydrogen-bond acceptors (Lipinski definition) is 2. The fourth-order valence-corrected chi connectivity index (χ4v) is 2.86. The molecular weight excluding hydrogens is 314 g/mol. The third-order valence-corrected chi connectivity index (χ3v) is 3.83. The Labute approximate surface area is 120 Å². The van der Waals surface area contributed by atoms with E-state index >= 15 is 0 Å². The van der Waals surface area contributed by atoms with E-state index in [1.54, 1.807) is 25.4 Å². The van der Waals surface area contributed by atoms with E-state index in [1.807, 2.05) is 25.1 Å². The van der Waals surface area contributed by atoms with E-state index < -0.39 is 5.60 Å². The van der Waals surface area contributed by atoms with Gasteiger partial charge in [-0.15, -0.1) is 0 Å². The second-order valence-corrected chi connectivity index (χ2v) is 5.71. The van der Waals surface area contributed by atoms with Crippen molar-refractivity contribution in [2.45, 2.75) is 19.4 Å². The average Bonchev–Trinajstić information content (AvgIpc) is 2.28. The summed E-state index contributed by atoms with van der Waals surface area (Å²) in [5.74, 6) is 0. The van der Waals surface area contributed by atoms with Gasteiger partial charge in [-0.1, -0.05) is 33.6 Å². The lowest BCUT2D eigenvalue weighted by atomic mass is 9.87. The monoisotopic (exact) mass is 325 g/mol. The Morgan fingerprint density at radius 1 is 1.28 bits per heavy atom. The lowest BCUT2D eigenvalue weighted by Gasteiger charge is -2.26. The smallest absolute Gasteiger partial charge is 0.115 e. The molecule has 1 heterocycles. The predicted octanol–water partition coefficient (Wildman–Crippen LogP) is 4.06. The Bertz CT molecular complexity index is 584. The minimum absolute atomic E-state index is 0.526. The maximum Gasteiger partial charge on any atom is 0.115 e. The van der Waals surface area contributed by atoms with Crippen LogP contribution in [0.2, 0.25) is 5.02 Å². The molecule has 1 unspecified atom stereocenters. The Morgan fingerprint density at radius 2 is 2.00 bits per heavy atom. The molecule has 2 nitrogen and oxygen atoms in total. The van der Waals surface area contributed by atoms with Gasteiger partial charge in [-0.2, -0.15) is 0 Å². The highest BCUT2D eigenvalue weighted by Crippen LogP contribution is 2.36. The average molecular weight is 327 g/mol. The van der Waals surface area contributed by atoms with Crippen molar-refractivity contribution >= 4 is 27.5 Å². The third kappa shape index (κ3) is 2.44. The van der Waals surface area contributed by atoms with Crippen molar-refractivity contribution in [3.8, 4) is 0 Å². The van der Waals surface area contributed by atoms with Crippen LogP contribution in [0.3, 0.4) is 0 Å². The van der Waals surface area contributed by atoms with Gasteiger partial charge in [0, 0.05) is 33.0 Å². The zero-order chi connectivity index (χ0) is 13.3. The largest absolute Gasteiger partial charge is 0.381 e. The molecule has 1 atom stereocenters. The highest BCUT2D eigenvalue weighted by Gasteiger charge is 2.29. The molecule has 0 fully saturated rings. The molecule has 2 rings (SSSR count). The molecular formula is C14H13BrClNO. The van der Waals surface area contributed by atoms with Crippen molar-refractivity contribution in [3.05, 3.63) is 62.8 Å². The summed E-state index contributed by atoms with van der Waals surface area (Å²) in [7, 11) is 0. The molecule has 1 aromatic carbocycles. The highest BCUT2D eigenvalue weighted by atomic mass is 79.9. The number of aliphatic hydroxyl groups is 1. The van der Waals surface area contributed by atoms with E-state index in [-0.39, 0.29) is 0 Å². The number of rotatable bonds is 2. The molecule has 18 heavy (non-hydrogen) atoms. The quantitative estimate of drug-likeness (QED) is 0.902. The van der Waals surface area contributed by atoms with Crippen LogP contribution in [-0.4, -0.2) is 10.1 Å². The van der Waals surface area contributed by atoms with Gasteiger partial charge in [0.1, 0.15) is 5.60 Å². The number of pyridine rings is 1. The standard InChI is InChI=1S/C14H13BrClNO/c1-9-5-6-17-8-12(9)14(2,18)11-4-3-10(15)7-13(11)16/h3-8,18H,1-2H3. The van der Waals surface area contributed by atoms with Gasteiger partial charge in [-0.3, -0.25) is 4.98 Å². The van der Waals surface area contributed by atoms with Crippen molar-refractivity contribution in [1.29, 1.82) is 0 Å². The second-order valence-electron chi connectivity index (χ2n) is 4.39. The number of benzene rings is 1. The van der Waals surface area contributed by atoms with Crippen molar-refractivity contribution in [3.63, 3.8) is 0 Å². The molecule has 1 N–H and O–H groups in total. The molecule has 4 heteroatoms. The highest BCUT2D eigenvalue weighted by molar-refractivity contribution is 9.10. The molecule has 0 radical (unpaired) electrons. The van der Waals surface area contributed by atoms with Crippen LogP contribution >= 0.6 is 27.5 Å². The summed E-state index contributed by atoms with van der Waals surface area (Å²) in [6, 6.07) is 7.33. The van der Waals surface area contributed by atoms with E-state index in [2.05, 4.69) is 20.9 Å². The van der Waals surface area contributed by atoms with Crippen LogP contribution in [0.15, 0.2) is 41.1 Å². The third-order valence-electron chi connectivity index (χ3n) is 3.02. The number of nitrogens with zero attached hydrogens (tertiary/aromatic N) is 1. The molecule has 0 bridgehead atoms. The summed E-state index contributed by atoms with van der Waals surface area (Å²) in [5.41, 5.74) is 1.25. The molecule has 94 valence electrons. The second kappa shape index (κ2) is 5.00. The molecule has 1 aromatic heterocycles. The first kappa shape index (κ1) is 13.5. The van der Waals surface area contributed by atoms with Crippen LogP contribution < -0.4 is 0 Å². The zero-order valence-corrected chi connectivity index (χ0v) is 12.5. The summed E-state index contributed by atoms with van der Waals surface area (Å²) in [5, 5.41) is 11.3. The predicted molar refractivity (Wildman–Crippen MR) is 76.8 cm³/mol. The molecule has 0 saturated heterocycles.